The Labute approximate surface area is 96.8 Å². The molecule has 0 bridgehead atoms. The van der Waals surface area contributed by atoms with Gasteiger partial charge in [0, 0.05) is 12.1 Å². The third kappa shape index (κ3) is 4.19. The van der Waals surface area contributed by atoms with E-state index in [4.69, 9.17) is 4.74 Å². The molecule has 16 heavy (non-hydrogen) atoms. The minimum atomic E-state index is -0.211. The molecular weight excluding hydrogens is 205 g/mol. The van der Waals surface area contributed by atoms with Crippen molar-refractivity contribution in [2.24, 2.45) is 0 Å². The summed E-state index contributed by atoms with van der Waals surface area (Å²) in [7, 11) is 0. The Bertz CT molecular complexity index is 328. The molecule has 0 saturated carbocycles. The Morgan fingerprint density at radius 3 is 2.81 bits per heavy atom. The lowest BCUT2D eigenvalue weighted by atomic mass is 10.2. The zero-order valence-electron chi connectivity index (χ0n) is 10.2. The predicted molar refractivity (Wildman–Crippen MR) is 64.4 cm³/mol. The van der Waals surface area contributed by atoms with Crippen LogP contribution in [0.3, 0.4) is 0 Å². The third-order valence-electron chi connectivity index (χ3n) is 2.52. The van der Waals surface area contributed by atoms with Crippen LogP contribution in [0.25, 0.3) is 0 Å². The number of aryl methyl sites for hydroxylation is 1. The number of hydrogen-bond acceptors (Lipinski definition) is 2. The molecule has 90 valence electrons. The lowest BCUT2D eigenvalue weighted by Gasteiger charge is -2.13. The van der Waals surface area contributed by atoms with Gasteiger partial charge in [0.2, 0.25) is 0 Å². The van der Waals surface area contributed by atoms with Crippen LogP contribution in [0.15, 0.2) is 18.2 Å². The first-order chi connectivity index (χ1) is 7.63. The molecule has 1 N–H and O–H groups in total. The lowest BCUT2D eigenvalue weighted by molar-refractivity contribution is 0.290. The molecule has 0 aliphatic carbocycles. The molecule has 1 rings (SSSR count). The van der Waals surface area contributed by atoms with Crippen LogP contribution in [0.2, 0.25) is 0 Å². The highest BCUT2D eigenvalue weighted by molar-refractivity contribution is 5.27. The van der Waals surface area contributed by atoms with Crippen LogP contribution in [0, 0.1) is 12.7 Å². The molecule has 3 heteroatoms. The van der Waals surface area contributed by atoms with Gasteiger partial charge in [0.15, 0.2) is 0 Å². The van der Waals surface area contributed by atoms with Crippen LogP contribution in [0.5, 0.6) is 5.75 Å². The topological polar surface area (TPSA) is 21.3 Å². The number of rotatable bonds is 6. The summed E-state index contributed by atoms with van der Waals surface area (Å²) >= 11 is 0. The summed E-state index contributed by atoms with van der Waals surface area (Å²) in [5.41, 5.74) is 0.647. The normalized spacial score (nSPS) is 12.5. The number of nitrogens with one attached hydrogen (secondary N) is 1. The maximum atomic E-state index is 13.2. The van der Waals surface area contributed by atoms with E-state index in [0.717, 1.165) is 13.0 Å². The van der Waals surface area contributed by atoms with Gasteiger partial charge in [-0.25, -0.2) is 4.39 Å². The van der Waals surface area contributed by atoms with Gasteiger partial charge in [0.1, 0.15) is 11.6 Å². The molecule has 1 aromatic rings. The van der Waals surface area contributed by atoms with Crippen LogP contribution in [-0.4, -0.2) is 19.2 Å². The average Bonchev–Trinajstić information content (AvgIpc) is 2.24. The van der Waals surface area contributed by atoms with E-state index in [1.54, 1.807) is 19.1 Å². The summed E-state index contributed by atoms with van der Waals surface area (Å²) in [5.74, 6) is 0.393. The van der Waals surface area contributed by atoms with Crippen LogP contribution in [0.4, 0.5) is 4.39 Å². The van der Waals surface area contributed by atoms with Gasteiger partial charge >= 0.3 is 0 Å². The standard InChI is InChI=1S/C13H20FNO/c1-4-15-11(3)7-8-16-12-6-5-10(2)13(14)9-12/h5-6,9,11,15H,4,7-8H2,1-3H3. The van der Waals surface area contributed by atoms with E-state index in [2.05, 4.69) is 19.2 Å². The van der Waals surface area contributed by atoms with Crippen molar-refractivity contribution < 1.29 is 9.13 Å². The van der Waals surface area contributed by atoms with E-state index in [0.29, 0.717) is 24.0 Å². The fourth-order valence-electron chi connectivity index (χ4n) is 1.47. The first kappa shape index (κ1) is 13.0. The zero-order chi connectivity index (χ0) is 12.0. The molecule has 0 aliphatic rings. The van der Waals surface area contributed by atoms with Crippen molar-refractivity contribution in [2.45, 2.75) is 33.2 Å². The Morgan fingerprint density at radius 2 is 2.19 bits per heavy atom. The highest BCUT2D eigenvalue weighted by Gasteiger charge is 2.02. The Morgan fingerprint density at radius 1 is 1.44 bits per heavy atom. The van der Waals surface area contributed by atoms with E-state index < -0.39 is 0 Å². The second-order valence-electron chi connectivity index (χ2n) is 4.01. The number of ether oxygens (including phenoxy) is 1. The van der Waals surface area contributed by atoms with Gasteiger partial charge in [-0.3, -0.25) is 0 Å². The molecule has 0 fully saturated rings. The second-order valence-corrected chi connectivity index (χ2v) is 4.01. The molecule has 0 saturated heterocycles. The quantitative estimate of drug-likeness (QED) is 0.803. The highest BCUT2D eigenvalue weighted by atomic mass is 19.1. The largest absolute Gasteiger partial charge is 0.493 e. The van der Waals surface area contributed by atoms with E-state index in [1.165, 1.54) is 6.07 Å². The molecule has 1 unspecified atom stereocenters. The van der Waals surface area contributed by atoms with Crippen LogP contribution < -0.4 is 10.1 Å². The molecule has 0 aromatic heterocycles. The summed E-state index contributed by atoms with van der Waals surface area (Å²) in [6.45, 7) is 7.50. The van der Waals surface area contributed by atoms with E-state index in [9.17, 15) is 4.39 Å². The van der Waals surface area contributed by atoms with Crippen molar-refractivity contribution in [3.05, 3.63) is 29.6 Å². The van der Waals surface area contributed by atoms with Crippen molar-refractivity contribution in [3.63, 3.8) is 0 Å². The minimum absolute atomic E-state index is 0.211. The van der Waals surface area contributed by atoms with E-state index >= 15 is 0 Å². The van der Waals surface area contributed by atoms with Gasteiger partial charge in [0.25, 0.3) is 0 Å². The molecule has 0 aliphatic heterocycles. The van der Waals surface area contributed by atoms with Crippen LogP contribution in [0.1, 0.15) is 25.8 Å². The van der Waals surface area contributed by atoms with Crippen LogP contribution >= 0.6 is 0 Å². The summed E-state index contributed by atoms with van der Waals surface area (Å²) < 4.78 is 18.7. The molecule has 0 amide bonds. The zero-order valence-corrected chi connectivity index (χ0v) is 10.2. The van der Waals surface area contributed by atoms with Gasteiger partial charge in [-0.15, -0.1) is 0 Å². The van der Waals surface area contributed by atoms with Crippen molar-refractivity contribution in [3.8, 4) is 5.75 Å². The van der Waals surface area contributed by atoms with Crippen LogP contribution in [-0.2, 0) is 0 Å². The summed E-state index contributed by atoms with van der Waals surface area (Å²) in [5, 5.41) is 3.30. The third-order valence-corrected chi connectivity index (χ3v) is 2.52. The molecular formula is C13H20FNO. The average molecular weight is 225 g/mol. The molecule has 1 aromatic carbocycles. The first-order valence-corrected chi connectivity index (χ1v) is 5.75. The fraction of sp³-hybridized carbons (Fsp3) is 0.538. The lowest BCUT2D eigenvalue weighted by Crippen LogP contribution is -2.27. The second kappa shape index (κ2) is 6.48. The first-order valence-electron chi connectivity index (χ1n) is 5.75. The fourth-order valence-corrected chi connectivity index (χ4v) is 1.47. The number of halogens is 1. The number of benzene rings is 1. The van der Waals surface area contributed by atoms with Gasteiger partial charge in [0.05, 0.1) is 6.61 Å². The minimum Gasteiger partial charge on any atom is -0.493 e. The van der Waals surface area contributed by atoms with Crippen molar-refractivity contribution in [2.75, 3.05) is 13.2 Å². The number of hydrogen-bond donors (Lipinski definition) is 1. The SMILES string of the molecule is CCNC(C)CCOc1ccc(C)c(F)c1. The molecule has 0 heterocycles. The Balaban J connectivity index is 2.34. The van der Waals surface area contributed by atoms with E-state index in [-0.39, 0.29) is 5.82 Å². The highest BCUT2D eigenvalue weighted by Crippen LogP contribution is 2.15. The van der Waals surface area contributed by atoms with E-state index in [1.807, 2.05) is 0 Å². The molecule has 1 atom stereocenters. The maximum absolute atomic E-state index is 13.2. The Hall–Kier alpha value is -1.09. The van der Waals surface area contributed by atoms with Gasteiger partial charge in [-0.1, -0.05) is 13.0 Å². The summed E-state index contributed by atoms with van der Waals surface area (Å²) in [6.07, 6.45) is 0.920. The van der Waals surface area contributed by atoms with Crippen molar-refractivity contribution in [1.29, 1.82) is 0 Å². The van der Waals surface area contributed by atoms with Gasteiger partial charge < -0.3 is 10.1 Å². The molecule has 0 radical (unpaired) electrons. The molecule has 0 spiro atoms. The van der Waals surface area contributed by atoms with Crippen molar-refractivity contribution >= 4 is 0 Å². The smallest absolute Gasteiger partial charge is 0.129 e. The van der Waals surface area contributed by atoms with Crippen molar-refractivity contribution in [1.82, 2.24) is 5.32 Å². The maximum Gasteiger partial charge on any atom is 0.129 e. The van der Waals surface area contributed by atoms with Gasteiger partial charge in [-0.2, -0.15) is 0 Å². The molecule has 2 nitrogen and oxygen atoms in total. The summed E-state index contributed by atoms with van der Waals surface area (Å²) in [4.78, 5) is 0. The van der Waals surface area contributed by atoms with Gasteiger partial charge in [-0.05, 0) is 38.4 Å². The predicted octanol–water partition coefficient (Wildman–Crippen LogP) is 2.90. The summed E-state index contributed by atoms with van der Waals surface area (Å²) in [6, 6.07) is 5.41. The Kier molecular flexibility index (Phi) is 5.26. The monoisotopic (exact) mass is 225 g/mol.